The molecule has 10 heteroatoms. The summed E-state index contributed by atoms with van der Waals surface area (Å²) >= 11 is 4.66. The van der Waals surface area contributed by atoms with Gasteiger partial charge in [0, 0.05) is 12.8 Å². The largest absolute Gasteiger partial charge is 2.00 e. The zero-order valence-electron chi connectivity index (χ0n) is 25.0. The van der Waals surface area contributed by atoms with Crippen LogP contribution in [0.3, 0.4) is 0 Å². The predicted molar refractivity (Wildman–Crippen MR) is 174 cm³/mol. The van der Waals surface area contributed by atoms with Gasteiger partial charge in [-0.1, -0.05) is 58.9 Å². The molecule has 8 bridgehead atoms. The van der Waals surface area contributed by atoms with E-state index in [9.17, 15) is 19.8 Å². The normalized spacial score (nSPS) is 13.6. The molecule has 0 aliphatic carbocycles. The molecule has 44 heavy (non-hydrogen) atoms. The molecule has 0 amide bonds. The van der Waals surface area contributed by atoms with Gasteiger partial charge >= 0.3 is 29.0 Å². The van der Waals surface area contributed by atoms with Crippen LogP contribution in [0.5, 0.6) is 0 Å². The molecular formula is C34H33FeN4O4S-. The van der Waals surface area contributed by atoms with E-state index in [1.807, 2.05) is 52.0 Å². The van der Waals surface area contributed by atoms with Crippen molar-refractivity contribution in [2.45, 2.75) is 58.6 Å². The van der Waals surface area contributed by atoms with Crippen molar-refractivity contribution in [3.05, 3.63) is 82.8 Å². The van der Waals surface area contributed by atoms with Crippen molar-refractivity contribution in [2.24, 2.45) is 0 Å². The number of thiol groups is 1. The third-order valence-corrected chi connectivity index (χ3v) is 8.45. The third-order valence-electron chi connectivity index (χ3n) is 8.19. The second kappa shape index (κ2) is 13.0. The van der Waals surface area contributed by atoms with E-state index in [1.165, 1.54) is 0 Å². The molecule has 2 aliphatic heterocycles. The van der Waals surface area contributed by atoms with Crippen LogP contribution in [-0.4, -0.2) is 37.4 Å². The van der Waals surface area contributed by atoms with Crippen LogP contribution in [0.15, 0.2) is 30.8 Å². The Morgan fingerprint density at radius 2 is 1.36 bits per heavy atom. The number of rotatable bonds is 8. The summed E-state index contributed by atoms with van der Waals surface area (Å²) in [6.07, 6.45) is 2.24. The topological polar surface area (TPSA) is 129 Å². The predicted octanol–water partition coefficient (Wildman–Crippen LogP) is 6.71. The minimum absolute atomic E-state index is 0. The molecule has 2 N–H and O–H groups in total. The first-order valence-corrected chi connectivity index (χ1v) is 14.5. The van der Waals surface area contributed by atoms with Gasteiger partial charge < -0.3 is 27.1 Å². The van der Waals surface area contributed by atoms with Crippen LogP contribution in [0.1, 0.15) is 78.1 Å². The molecule has 0 fully saturated rings. The summed E-state index contributed by atoms with van der Waals surface area (Å²) in [6, 6.07) is 7.60. The van der Waals surface area contributed by atoms with Crippen molar-refractivity contribution >= 4 is 75.0 Å². The molecular weight excluding hydrogens is 616 g/mol. The van der Waals surface area contributed by atoms with Crippen molar-refractivity contribution < 1.29 is 36.9 Å². The minimum atomic E-state index is -0.903. The van der Waals surface area contributed by atoms with E-state index in [2.05, 4.69) is 26.1 Å². The number of nitrogens with zero attached hydrogens (tertiary/aromatic N) is 4. The van der Waals surface area contributed by atoms with E-state index in [0.29, 0.717) is 27.9 Å². The smallest absolute Gasteiger partial charge is 0.657 e. The number of allylic oxidation sites excluding steroid dienone is 3. The van der Waals surface area contributed by atoms with Crippen molar-refractivity contribution in [2.75, 3.05) is 0 Å². The van der Waals surface area contributed by atoms with Gasteiger partial charge in [-0.25, -0.2) is 22.6 Å². The molecule has 5 heterocycles. The number of hydrogen-bond acceptors (Lipinski definition) is 5. The quantitative estimate of drug-likeness (QED) is 0.140. The van der Waals surface area contributed by atoms with Gasteiger partial charge in [0.25, 0.3) is 0 Å². The van der Waals surface area contributed by atoms with E-state index in [4.69, 9.17) is 19.9 Å². The number of aliphatic carboxylic acids is 2. The van der Waals surface area contributed by atoms with Crippen LogP contribution in [-0.2, 0) is 33.1 Å². The monoisotopic (exact) mass is 649 g/mol. The molecule has 0 aromatic carbocycles. The van der Waals surface area contributed by atoms with Gasteiger partial charge in [0.05, 0.1) is 22.8 Å². The van der Waals surface area contributed by atoms with Crippen molar-refractivity contribution in [3.63, 3.8) is 0 Å². The Kier molecular flexibility index (Phi) is 9.78. The molecule has 5 rings (SSSR count). The molecule has 0 spiro atoms. The standard InChI is InChI=1S/C34H35N4O4S.Fe/c1-7-21-16(2)26-14-31-34(20(6)43)19(5)27(38-31)12-24-17(3)22(8-10-32(39)40)29(36-24)15-30-23(9-11-33(41)42)18(4)25(37-30)13-28(21)35-26;/h7,12-15,20H,1,6,8-11H2,2-5H3,(H5,35,36,37,38,39,40,41,42,43);/q-1;+2/p-2/t20-;/m0./s1. The molecule has 3 aromatic rings. The Bertz CT molecular complexity index is 1930. The van der Waals surface area contributed by atoms with Crippen LogP contribution in [0.25, 0.3) is 50.4 Å². The van der Waals surface area contributed by atoms with Gasteiger partial charge in [-0.2, -0.15) is 0 Å². The molecule has 8 nitrogen and oxygen atoms in total. The summed E-state index contributed by atoms with van der Waals surface area (Å²) in [5.41, 5.74) is 12.4. The number of hydrogen-bond donors (Lipinski definition) is 3. The van der Waals surface area contributed by atoms with Crippen LogP contribution < -0.4 is 9.97 Å². The second-order valence-corrected chi connectivity index (χ2v) is 11.5. The van der Waals surface area contributed by atoms with Gasteiger partial charge in [-0.15, -0.1) is 22.1 Å². The zero-order valence-corrected chi connectivity index (χ0v) is 27.0. The maximum absolute atomic E-state index is 11.5. The molecule has 1 atom stereocenters. The van der Waals surface area contributed by atoms with E-state index in [-0.39, 0.29) is 48.0 Å². The number of carbonyl (C=O) groups is 2. The number of carboxylic acids is 2. The molecule has 0 saturated heterocycles. The van der Waals surface area contributed by atoms with E-state index in [1.54, 1.807) is 6.08 Å². The summed E-state index contributed by atoms with van der Waals surface area (Å²) in [4.78, 5) is 42.8. The molecule has 0 radical (unpaired) electrons. The van der Waals surface area contributed by atoms with Gasteiger partial charge in [0.15, 0.2) is 0 Å². The Balaban J connectivity index is 0.00000442. The minimum Gasteiger partial charge on any atom is -0.657 e. The number of aromatic nitrogens is 4. The van der Waals surface area contributed by atoms with Crippen molar-refractivity contribution in [1.29, 1.82) is 0 Å². The first-order valence-electron chi connectivity index (χ1n) is 14.0. The summed E-state index contributed by atoms with van der Waals surface area (Å²) in [5.74, 6) is -1.80. The SMILES string of the molecule is C=Cc1c(C)c2cc3nc(cc4[n-]c(cc5nc(cc1[n-]2)C(C)=C5CCC(=O)O)c(CCC(=O)O)c4C)C(C)=C3[C@H]([CH2-])S.[Fe+2]. The fraction of sp³-hybridized carbons (Fsp3) is 0.265. The van der Waals surface area contributed by atoms with Gasteiger partial charge in [-0.05, 0) is 68.4 Å². The maximum Gasteiger partial charge on any atom is 2.00 e. The van der Waals surface area contributed by atoms with Crippen molar-refractivity contribution in [3.8, 4) is 0 Å². The Labute approximate surface area is 272 Å². The summed E-state index contributed by atoms with van der Waals surface area (Å²) in [6.45, 7) is 16.0. The Morgan fingerprint density at radius 1 is 0.841 bits per heavy atom. The average molecular weight is 650 g/mol. The number of aryl methyl sites for hydroxylation is 3. The Morgan fingerprint density at radius 3 is 2.00 bits per heavy atom. The molecule has 3 aromatic heterocycles. The molecule has 0 unspecified atom stereocenters. The maximum atomic E-state index is 11.5. The van der Waals surface area contributed by atoms with E-state index < -0.39 is 11.9 Å². The molecule has 0 saturated carbocycles. The van der Waals surface area contributed by atoms with Crippen molar-refractivity contribution in [1.82, 2.24) is 19.9 Å². The van der Waals surface area contributed by atoms with Gasteiger partial charge in [0.1, 0.15) is 0 Å². The number of carboxylic acid groups (broad SMARTS) is 2. The van der Waals surface area contributed by atoms with Gasteiger partial charge in [-0.3, -0.25) is 9.59 Å². The second-order valence-electron chi connectivity index (χ2n) is 10.9. The van der Waals surface area contributed by atoms with Crippen LogP contribution in [0, 0.1) is 20.8 Å². The first-order chi connectivity index (χ1) is 20.4. The fourth-order valence-electron chi connectivity index (χ4n) is 5.78. The van der Waals surface area contributed by atoms with Crippen LogP contribution in [0.2, 0.25) is 0 Å². The van der Waals surface area contributed by atoms with Gasteiger partial charge in [0.2, 0.25) is 0 Å². The molecule has 228 valence electrons. The van der Waals surface area contributed by atoms with E-state index >= 15 is 0 Å². The zero-order chi connectivity index (χ0) is 31.2. The summed E-state index contributed by atoms with van der Waals surface area (Å²) in [5, 5.41) is 18.6. The molecule has 2 aliphatic rings. The van der Waals surface area contributed by atoms with Crippen LogP contribution >= 0.6 is 12.6 Å². The summed E-state index contributed by atoms with van der Waals surface area (Å²) < 4.78 is 0. The average Bonchev–Trinajstić information content (AvgIpc) is 3.59. The summed E-state index contributed by atoms with van der Waals surface area (Å²) in [7, 11) is 0. The van der Waals surface area contributed by atoms with Crippen LogP contribution in [0.4, 0.5) is 0 Å². The first kappa shape index (κ1) is 33.1. The fourth-order valence-corrected chi connectivity index (χ4v) is 6.10. The third kappa shape index (κ3) is 6.20. The number of fused-ring (bicyclic) bond motifs is 8. The Hall–Kier alpha value is -3.85. The van der Waals surface area contributed by atoms with E-state index in [0.717, 1.165) is 61.5 Å².